The van der Waals surface area contributed by atoms with E-state index < -0.39 is 0 Å². The van der Waals surface area contributed by atoms with Gasteiger partial charge in [-0.2, -0.15) is 0 Å². The zero-order valence-corrected chi connectivity index (χ0v) is 11.9. The first-order valence-electron chi connectivity index (χ1n) is 7.11. The standard InChI is InChI=1S/C16H19N3O/c1-11(2)13-10-19(12-5-3-7-17-9-12)14-6-4-8-18-16(20)15(13)14/h3,5,7,9-11H,4,6,8H2,1-2H3,(H,18,20). The number of carbonyl (C=O) groups is 1. The molecule has 0 atom stereocenters. The Kier molecular flexibility index (Phi) is 3.30. The van der Waals surface area contributed by atoms with Crippen molar-refractivity contribution >= 4 is 5.91 Å². The molecule has 0 unspecified atom stereocenters. The third-order valence-corrected chi connectivity index (χ3v) is 3.79. The molecule has 0 saturated heterocycles. The first-order chi connectivity index (χ1) is 9.68. The molecule has 1 N–H and O–H groups in total. The highest BCUT2D eigenvalue weighted by Gasteiger charge is 2.25. The minimum absolute atomic E-state index is 0.0591. The molecule has 1 aliphatic rings. The van der Waals surface area contributed by atoms with Crippen LogP contribution in [0, 0.1) is 0 Å². The van der Waals surface area contributed by atoms with Gasteiger partial charge in [-0.3, -0.25) is 9.78 Å². The van der Waals surface area contributed by atoms with Crippen molar-refractivity contribution in [2.24, 2.45) is 0 Å². The Bertz CT molecular complexity index is 629. The van der Waals surface area contributed by atoms with Crippen LogP contribution in [0.4, 0.5) is 0 Å². The molecule has 3 heterocycles. The number of hydrogen-bond acceptors (Lipinski definition) is 2. The third kappa shape index (κ3) is 2.11. The summed E-state index contributed by atoms with van der Waals surface area (Å²) >= 11 is 0. The predicted octanol–water partition coefficient (Wildman–Crippen LogP) is 2.67. The number of nitrogens with one attached hydrogen (secondary N) is 1. The molecule has 0 radical (unpaired) electrons. The van der Waals surface area contributed by atoms with Gasteiger partial charge in [-0.05, 0) is 36.5 Å². The summed E-state index contributed by atoms with van der Waals surface area (Å²) in [5, 5.41) is 2.99. The molecule has 0 bridgehead atoms. The lowest BCUT2D eigenvalue weighted by atomic mass is 9.99. The molecular weight excluding hydrogens is 250 g/mol. The number of aromatic nitrogens is 2. The van der Waals surface area contributed by atoms with E-state index in [1.807, 2.05) is 18.3 Å². The Morgan fingerprint density at radius 1 is 1.40 bits per heavy atom. The summed E-state index contributed by atoms with van der Waals surface area (Å²) < 4.78 is 2.13. The van der Waals surface area contributed by atoms with Crippen molar-refractivity contribution in [1.29, 1.82) is 0 Å². The summed E-state index contributed by atoms with van der Waals surface area (Å²) in [6, 6.07) is 3.95. The van der Waals surface area contributed by atoms with E-state index in [0.29, 0.717) is 5.92 Å². The van der Waals surface area contributed by atoms with E-state index in [9.17, 15) is 4.79 Å². The maximum absolute atomic E-state index is 12.3. The number of nitrogens with zero attached hydrogens (tertiary/aromatic N) is 2. The quantitative estimate of drug-likeness (QED) is 0.911. The molecule has 3 rings (SSSR count). The lowest BCUT2D eigenvalue weighted by Crippen LogP contribution is -2.23. The largest absolute Gasteiger partial charge is 0.352 e. The number of amides is 1. The summed E-state index contributed by atoms with van der Waals surface area (Å²) in [5.74, 6) is 0.384. The molecule has 1 aliphatic heterocycles. The molecule has 4 heteroatoms. The van der Waals surface area contributed by atoms with Crippen LogP contribution in [0.25, 0.3) is 5.69 Å². The second kappa shape index (κ2) is 5.12. The number of pyridine rings is 1. The van der Waals surface area contributed by atoms with E-state index >= 15 is 0 Å². The van der Waals surface area contributed by atoms with Crippen molar-refractivity contribution in [1.82, 2.24) is 14.9 Å². The number of carbonyl (C=O) groups excluding carboxylic acids is 1. The highest BCUT2D eigenvalue weighted by molar-refractivity contribution is 5.97. The maximum atomic E-state index is 12.3. The molecule has 2 aromatic heterocycles. The summed E-state index contributed by atoms with van der Waals surface area (Å²) in [6.45, 7) is 5.00. The van der Waals surface area contributed by atoms with Gasteiger partial charge in [-0.25, -0.2) is 0 Å². The molecule has 4 nitrogen and oxygen atoms in total. The molecule has 0 aromatic carbocycles. The SMILES string of the molecule is CC(C)c1cn(-c2cccnc2)c2c1C(=O)NCCC2. The summed E-state index contributed by atoms with van der Waals surface area (Å²) in [5.41, 5.74) is 4.10. The van der Waals surface area contributed by atoms with Gasteiger partial charge in [0.05, 0.1) is 17.4 Å². The molecule has 1 amide bonds. The Balaban J connectivity index is 2.22. The smallest absolute Gasteiger partial charge is 0.253 e. The van der Waals surface area contributed by atoms with Gasteiger partial charge in [0.15, 0.2) is 0 Å². The highest BCUT2D eigenvalue weighted by Crippen LogP contribution is 2.29. The molecule has 0 fully saturated rings. The monoisotopic (exact) mass is 269 g/mol. The van der Waals surface area contributed by atoms with E-state index in [-0.39, 0.29) is 5.91 Å². The number of hydrogen-bond donors (Lipinski definition) is 1. The van der Waals surface area contributed by atoms with Gasteiger partial charge in [0.2, 0.25) is 0 Å². The molecular formula is C16H19N3O. The van der Waals surface area contributed by atoms with Gasteiger partial charge in [-0.15, -0.1) is 0 Å². The average molecular weight is 269 g/mol. The molecule has 0 saturated carbocycles. The Morgan fingerprint density at radius 2 is 2.25 bits per heavy atom. The number of fused-ring (bicyclic) bond motifs is 1. The third-order valence-electron chi connectivity index (χ3n) is 3.79. The van der Waals surface area contributed by atoms with E-state index in [0.717, 1.165) is 41.9 Å². The Hall–Kier alpha value is -2.10. The van der Waals surface area contributed by atoms with E-state index in [2.05, 4.69) is 34.9 Å². The van der Waals surface area contributed by atoms with Crippen LogP contribution in [-0.4, -0.2) is 22.0 Å². The van der Waals surface area contributed by atoms with Gasteiger partial charge in [-0.1, -0.05) is 13.8 Å². The zero-order valence-electron chi connectivity index (χ0n) is 11.9. The van der Waals surface area contributed by atoms with Gasteiger partial charge < -0.3 is 9.88 Å². The van der Waals surface area contributed by atoms with E-state index in [4.69, 9.17) is 0 Å². The van der Waals surface area contributed by atoms with Crippen molar-refractivity contribution in [2.75, 3.05) is 6.54 Å². The predicted molar refractivity (Wildman–Crippen MR) is 78.3 cm³/mol. The van der Waals surface area contributed by atoms with Crippen molar-refractivity contribution in [2.45, 2.75) is 32.6 Å². The minimum atomic E-state index is 0.0591. The topological polar surface area (TPSA) is 46.9 Å². The first kappa shape index (κ1) is 12.9. The van der Waals surface area contributed by atoms with Gasteiger partial charge >= 0.3 is 0 Å². The maximum Gasteiger partial charge on any atom is 0.253 e. The fraction of sp³-hybridized carbons (Fsp3) is 0.375. The number of rotatable bonds is 2. The highest BCUT2D eigenvalue weighted by atomic mass is 16.1. The molecule has 0 aliphatic carbocycles. The van der Waals surface area contributed by atoms with Crippen molar-refractivity contribution < 1.29 is 4.79 Å². The van der Waals surface area contributed by atoms with Crippen LogP contribution < -0.4 is 5.32 Å². The van der Waals surface area contributed by atoms with Crippen LogP contribution in [-0.2, 0) is 6.42 Å². The summed E-state index contributed by atoms with van der Waals surface area (Å²) in [6.07, 6.45) is 7.59. The van der Waals surface area contributed by atoms with Crippen LogP contribution >= 0.6 is 0 Å². The summed E-state index contributed by atoms with van der Waals surface area (Å²) in [4.78, 5) is 16.5. The summed E-state index contributed by atoms with van der Waals surface area (Å²) in [7, 11) is 0. The van der Waals surface area contributed by atoms with Crippen LogP contribution in [0.5, 0.6) is 0 Å². The fourth-order valence-corrected chi connectivity index (χ4v) is 2.79. The molecule has 20 heavy (non-hydrogen) atoms. The lowest BCUT2D eigenvalue weighted by molar-refractivity contribution is 0.0955. The fourth-order valence-electron chi connectivity index (χ4n) is 2.79. The van der Waals surface area contributed by atoms with Gasteiger partial charge in [0.1, 0.15) is 0 Å². The normalized spacial score (nSPS) is 14.8. The molecule has 104 valence electrons. The zero-order chi connectivity index (χ0) is 14.1. The Labute approximate surface area is 118 Å². The van der Waals surface area contributed by atoms with Crippen molar-refractivity contribution in [3.63, 3.8) is 0 Å². The Morgan fingerprint density at radius 3 is 2.95 bits per heavy atom. The van der Waals surface area contributed by atoms with Crippen molar-refractivity contribution in [3.8, 4) is 5.69 Å². The van der Waals surface area contributed by atoms with Crippen molar-refractivity contribution in [3.05, 3.63) is 47.5 Å². The van der Waals surface area contributed by atoms with Gasteiger partial charge in [0.25, 0.3) is 5.91 Å². The van der Waals surface area contributed by atoms with E-state index in [1.165, 1.54) is 0 Å². The van der Waals surface area contributed by atoms with Crippen LogP contribution in [0.3, 0.4) is 0 Å². The van der Waals surface area contributed by atoms with Gasteiger partial charge in [0, 0.05) is 24.6 Å². The van der Waals surface area contributed by atoms with E-state index in [1.54, 1.807) is 6.20 Å². The average Bonchev–Trinajstić information content (AvgIpc) is 2.74. The first-order valence-corrected chi connectivity index (χ1v) is 7.11. The second-order valence-electron chi connectivity index (χ2n) is 5.50. The molecule has 2 aromatic rings. The van der Waals surface area contributed by atoms with Crippen LogP contribution in [0.2, 0.25) is 0 Å². The molecule has 0 spiro atoms. The van der Waals surface area contributed by atoms with Crippen LogP contribution in [0.15, 0.2) is 30.7 Å². The minimum Gasteiger partial charge on any atom is -0.352 e. The van der Waals surface area contributed by atoms with Crippen LogP contribution in [0.1, 0.15) is 47.8 Å². The lowest BCUT2D eigenvalue weighted by Gasteiger charge is -2.08. The second-order valence-corrected chi connectivity index (χ2v) is 5.50.